The first-order chi connectivity index (χ1) is 17.4. The fourth-order valence-corrected chi connectivity index (χ4v) is 5.18. The molecular formula is C25H32N6O4S. The second-order valence-electron chi connectivity index (χ2n) is 8.15. The molecule has 3 N–H and O–H groups in total. The fourth-order valence-electron chi connectivity index (χ4n) is 4.10. The van der Waals surface area contributed by atoms with Crippen LogP contribution in [0.2, 0.25) is 0 Å². The van der Waals surface area contributed by atoms with Gasteiger partial charge in [-0.1, -0.05) is 6.92 Å². The quantitative estimate of drug-likeness (QED) is 0.436. The molecule has 1 fully saturated rings. The van der Waals surface area contributed by atoms with Crippen LogP contribution >= 0.6 is 11.3 Å². The van der Waals surface area contributed by atoms with E-state index in [1.165, 1.54) is 4.57 Å². The third kappa shape index (κ3) is 6.53. The zero-order chi connectivity index (χ0) is 26.1. The summed E-state index contributed by atoms with van der Waals surface area (Å²) >= 11 is 1.05. The average molecular weight is 513 g/mol. The van der Waals surface area contributed by atoms with E-state index in [2.05, 4.69) is 27.8 Å². The van der Waals surface area contributed by atoms with Crippen LogP contribution in [0.15, 0.2) is 29.1 Å². The molecule has 0 radical (unpaired) electrons. The number of hydrogen-bond acceptors (Lipinski definition) is 8. The minimum atomic E-state index is -0.749. The Balaban J connectivity index is 1.68. The number of carbonyl (C=O) groups excluding carboxylic acids is 2. The number of amides is 2. The molecule has 1 aliphatic heterocycles. The zero-order valence-electron chi connectivity index (χ0n) is 20.8. The highest BCUT2D eigenvalue weighted by Crippen LogP contribution is 2.16. The molecule has 1 saturated heterocycles. The second kappa shape index (κ2) is 12.9. The van der Waals surface area contributed by atoms with Crippen LogP contribution in [-0.4, -0.2) is 53.8 Å². The van der Waals surface area contributed by atoms with Crippen molar-refractivity contribution in [2.24, 2.45) is 0 Å². The summed E-state index contributed by atoms with van der Waals surface area (Å²) in [4.78, 5) is 39.6. The SMILES string of the molecule is CCOC(=O)/C(C#N)=c1\s/c(=C/Nc2ccc(NC(=O)NCC3CCCN3CC)cc2)c(=O)n1CC. The van der Waals surface area contributed by atoms with Crippen LogP contribution in [0.3, 0.4) is 0 Å². The van der Waals surface area contributed by atoms with Gasteiger partial charge in [-0.3, -0.25) is 14.3 Å². The molecular weight excluding hydrogens is 480 g/mol. The molecule has 1 atom stereocenters. The van der Waals surface area contributed by atoms with Gasteiger partial charge in [0.1, 0.15) is 15.3 Å². The third-order valence-corrected chi connectivity index (χ3v) is 7.08. The van der Waals surface area contributed by atoms with Gasteiger partial charge < -0.3 is 20.7 Å². The van der Waals surface area contributed by atoms with Crippen molar-refractivity contribution >= 4 is 46.5 Å². The Morgan fingerprint density at radius 2 is 1.92 bits per heavy atom. The first-order valence-electron chi connectivity index (χ1n) is 12.1. The van der Waals surface area contributed by atoms with Gasteiger partial charge in [-0.25, -0.2) is 9.59 Å². The summed E-state index contributed by atoms with van der Waals surface area (Å²) in [6.07, 6.45) is 3.80. The monoisotopic (exact) mass is 512 g/mol. The third-order valence-electron chi connectivity index (χ3n) is 5.95. The number of likely N-dealkylation sites (N-methyl/N-ethyl adjacent to an activating group) is 1. The molecule has 2 heterocycles. The predicted molar refractivity (Wildman–Crippen MR) is 141 cm³/mol. The summed E-state index contributed by atoms with van der Waals surface area (Å²) in [5.74, 6) is -0.749. The molecule has 1 unspecified atom stereocenters. The molecule has 1 aliphatic rings. The minimum Gasteiger partial charge on any atom is -0.462 e. The van der Waals surface area contributed by atoms with Gasteiger partial charge in [-0.15, -0.1) is 11.3 Å². The lowest BCUT2D eigenvalue weighted by molar-refractivity contribution is -0.136. The van der Waals surface area contributed by atoms with Crippen LogP contribution in [0.1, 0.15) is 33.6 Å². The number of aromatic nitrogens is 1. The van der Waals surface area contributed by atoms with E-state index in [1.807, 2.05) is 6.07 Å². The maximum atomic E-state index is 12.8. The molecule has 0 spiro atoms. The average Bonchev–Trinajstić information content (AvgIpc) is 3.46. The number of anilines is 2. The van der Waals surface area contributed by atoms with Crippen molar-refractivity contribution in [3.63, 3.8) is 0 Å². The molecule has 11 heteroatoms. The molecule has 10 nitrogen and oxygen atoms in total. The topological polar surface area (TPSA) is 128 Å². The van der Waals surface area contributed by atoms with E-state index >= 15 is 0 Å². The largest absolute Gasteiger partial charge is 0.462 e. The summed E-state index contributed by atoms with van der Waals surface area (Å²) < 4.78 is 6.94. The molecule has 0 saturated carbocycles. The summed E-state index contributed by atoms with van der Waals surface area (Å²) in [6, 6.07) is 9.07. The maximum Gasteiger partial charge on any atom is 0.351 e. The number of urea groups is 1. The molecule has 3 rings (SSSR count). The highest BCUT2D eigenvalue weighted by molar-refractivity contribution is 7.07. The number of ether oxygens (including phenoxy) is 1. The van der Waals surface area contributed by atoms with Gasteiger partial charge >= 0.3 is 12.0 Å². The van der Waals surface area contributed by atoms with Gasteiger partial charge in [-0.05, 0) is 64.0 Å². The molecule has 0 aliphatic carbocycles. The number of nitrogens with zero attached hydrogens (tertiary/aromatic N) is 3. The van der Waals surface area contributed by atoms with E-state index in [9.17, 15) is 19.6 Å². The van der Waals surface area contributed by atoms with Gasteiger partial charge in [0.25, 0.3) is 5.56 Å². The molecule has 1 aromatic carbocycles. The van der Waals surface area contributed by atoms with Crippen LogP contribution in [0, 0.1) is 11.3 Å². The van der Waals surface area contributed by atoms with Crippen molar-refractivity contribution in [2.75, 3.05) is 36.9 Å². The highest BCUT2D eigenvalue weighted by atomic mass is 32.1. The summed E-state index contributed by atoms with van der Waals surface area (Å²) in [5, 5.41) is 18.3. The van der Waals surface area contributed by atoms with Crippen LogP contribution in [-0.2, 0) is 16.1 Å². The summed E-state index contributed by atoms with van der Waals surface area (Å²) in [7, 11) is 0. The van der Waals surface area contributed by atoms with E-state index in [0.717, 1.165) is 37.3 Å². The van der Waals surface area contributed by atoms with Crippen LogP contribution in [0.4, 0.5) is 16.2 Å². The first kappa shape index (κ1) is 27.0. The number of carbonyl (C=O) groups is 2. The predicted octanol–water partition coefficient (Wildman–Crippen LogP) is 1.62. The second-order valence-corrected chi connectivity index (χ2v) is 9.18. The Morgan fingerprint density at radius 1 is 1.19 bits per heavy atom. The number of thiazole rings is 1. The summed E-state index contributed by atoms with van der Waals surface area (Å²) in [5.41, 5.74) is 0.856. The smallest absolute Gasteiger partial charge is 0.351 e. The Bertz CT molecular complexity index is 1290. The van der Waals surface area contributed by atoms with Crippen molar-refractivity contribution in [3.8, 4) is 6.07 Å². The number of nitrogens with one attached hydrogen (secondary N) is 3. The van der Waals surface area contributed by atoms with Crippen molar-refractivity contribution in [1.82, 2.24) is 14.8 Å². The number of benzene rings is 1. The lowest BCUT2D eigenvalue weighted by atomic mass is 10.2. The van der Waals surface area contributed by atoms with Gasteiger partial charge in [0.15, 0.2) is 5.57 Å². The van der Waals surface area contributed by atoms with Crippen LogP contribution in [0.25, 0.3) is 11.8 Å². The minimum absolute atomic E-state index is 0.136. The zero-order valence-corrected chi connectivity index (χ0v) is 21.6. The molecule has 0 bridgehead atoms. The van der Waals surface area contributed by atoms with Crippen LogP contribution in [0.5, 0.6) is 0 Å². The number of likely N-dealkylation sites (tertiary alicyclic amines) is 1. The van der Waals surface area contributed by atoms with Crippen molar-refractivity contribution in [2.45, 2.75) is 46.2 Å². The van der Waals surface area contributed by atoms with E-state index in [0.29, 0.717) is 35.0 Å². The van der Waals surface area contributed by atoms with Gasteiger partial charge in [0.2, 0.25) is 0 Å². The Kier molecular flexibility index (Phi) is 9.67. The van der Waals surface area contributed by atoms with Gasteiger partial charge in [0.05, 0.1) is 6.61 Å². The van der Waals surface area contributed by atoms with E-state index in [-0.39, 0.29) is 28.4 Å². The molecule has 192 valence electrons. The van der Waals surface area contributed by atoms with E-state index in [1.54, 1.807) is 44.3 Å². The lowest BCUT2D eigenvalue weighted by Crippen LogP contribution is -2.41. The van der Waals surface area contributed by atoms with Gasteiger partial charge in [0, 0.05) is 36.7 Å². The Labute approximate surface area is 213 Å². The fraction of sp³-hybridized carbons (Fsp3) is 0.440. The Morgan fingerprint density at radius 3 is 2.56 bits per heavy atom. The van der Waals surface area contributed by atoms with Crippen molar-refractivity contribution in [3.05, 3.63) is 43.8 Å². The van der Waals surface area contributed by atoms with Crippen LogP contribution < -0.4 is 30.7 Å². The summed E-state index contributed by atoms with van der Waals surface area (Å²) in [6.45, 7) is 8.69. The number of rotatable bonds is 9. The molecule has 2 amide bonds. The number of esters is 1. The molecule has 2 aromatic rings. The standard InChI is InChI=1S/C25H32N6O4S/c1-4-30-13-7-8-19(30)15-28-25(34)29-18-11-9-17(10-12-18)27-16-21-22(32)31(5-2)23(36-21)20(14-26)24(33)35-6-3/h9-12,16,19,27H,4-8,13,15H2,1-3H3,(H2,28,29,34)/b21-16+,23-20-. The van der Waals surface area contributed by atoms with Crippen molar-refractivity contribution < 1.29 is 14.3 Å². The normalized spacial score (nSPS) is 16.8. The number of hydrogen-bond donors (Lipinski definition) is 3. The molecule has 36 heavy (non-hydrogen) atoms. The highest BCUT2D eigenvalue weighted by Gasteiger charge is 2.23. The van der Waals surface area contributed by atoms with Gasteiger partial charge in [-0.2, -0.15) is 5.26 Å². The van der Waals surface area contributed by atoms with E-state index in [4.69, 9.17) is 4.74 Å². The lowest BCUT2D eigenvalue weighted by Gasteiger charge is -2.22. The molecule has 1 aromatic heterocycles. The maximum absolute atomic E-state index is 12.8. The number of nitriles is 1. The Hall–Kier alpha value is -3.62. The first-order valence-corrected chi connectivity index (χ1v) is 12.9. The van der Waals surface area contributed by atoms with E-state index < -0.39 is 5.97 Å². The van der Waals surface area contributed by atoms with Crippen molar-refractivity contribution in [1.29, 1.82) is 5.26 Å².